The van der Waals surface area contributed by atoms with E-state index in [0.29, 0.717) is 19.0 Å². The van der Waals surface area contributed by atoms with Gasteiger partial charge in [-0.3, -0.25) is 0 Å². The normalized spacial score (nSPS) is 16.7. The number of carbonyl (C=O) groups excluding carboxylic acids is 1. The van der Waals surface area contributed by atoms with Crippen molar-refractivity contribution in [3.63, 3.8) is 0 Å². The van der Waals surface area contributed by atoms with Crippen LogP contribution in [-0.2, 0) is 4.74 Å². The Balaban J connectivity index is 2.01. The lowest BCUT2D eigenvalue weighted by Crippen LogP contribution is -2.41. The van der Waals surface area contributed by atoms with Crippen LogP contribution in [0.3, 0.4) is 0 Å². The summed E-state index contributed by atoms with van der Waals surface area (Å²) in [6.45, 7) is 8.97. The number of hydrogen-bond acceptors (Lipinski definition) is 3. The summed E-state index contributed by atoms with van der Waals surface area (Å²) in [5.74, 6) is 0.344. The van der Waals surface area contributed by atoms with Crippen molar-refractivity contribution in [2.75, 3.05) is 18.8 Å². The lowest BCUT2D eigenvalue weighted by molar-refractivity contribution is 0.0205. The third kappa shape index (κ3) is 4.07. The van der Waals surface area contributed by atoms with Gasteiger partial charge in [-0.05, 0) is 69.7 Å². The van der Waals surface area contributed by atoms with Crippen LogP contribution in [0.4, 0.5) is 10.5 Å². The Morgan fingerprint density at radius 2 is 1.91 bits per heavy atom. The molecule has 5 heteroatoms. The highest BCUT2D eigenvalue weighted by atomic mass is 35.5. The number of nitrogen functional groups attached to an aromatic ring is 1. The predicted molar refractivity (Wildman–Crippen MR) is 90.4 cm³/mol. The third-order valence-corrected chi connectivity index (χ3v) is 4.36. The lowest BCUT2D eigenvalue weighted by Gasteiger charge is -2.34. The van der Waals surface area contributed by atoms with Gasteiger partial charge < -0.3 is 15.4 Å². The first kappa shape index (κ1) is 16.9. The Kier molecular flexibility index (Phi) is 4.90. The van der Waals surface area contributed by atoms with E-state index in [0.717, 1.165) is 34.7 Å². The Morgan fingerprint density at radius 1 is 1.32 bits per heavy atom. The minimum Gasteiger partial charge on any atom is -0.444 e. The molecular formula is C17H25ClN2O2. The molecule has 1 aliphatic rings. The molecule has 0 spiro atoms. The molecule has 1 saturated heterocycles. The monoisotopic (exact) mass is 324 g/mol. The number of carbonyl (C=O) groups is 1. The molecule has 0 bridgehead atoms. The number of piperidine rings is 1. The largest absolute Gasteiger partial charge is 0.444 e. The summed E-state index contributed by atoms with van der Waals surface area (Å²) < 4.78 is 5.42. The van der Waals surface area contributed by atoms with Crippen LogP contribution in [0.5, 0.6) is 0 Å². The molecule has 0 aromatic heterocycles. The molecule has 1 aromatic carbocycles. The number of nitrogens with zero attached hydrogens (tertiary/aromatic N) is 1. The van der Waals surface area contributed by atoms with Gasteiger partial charge in [-0.1, -0.05) is 11.6 Å². The minimum atomic E-state index is -0.456. The maximum atomic E-state index is 12.1. The lowest BCUT2D eigenvalue weighted by atomic mass is 9.88. The van der Waals surface area contributed by atoms with Gasteiger partial charge in [0.2, 0.25) is 0 Å². The first-order valence-electron chi connectivity index (χ1n) is 7.71. The third-order valence-electron chi connectivity index (χ3n) is 3.95. The highest BCUT2D eigenvalue weighted by Crippen LogP contribution is 2.35. The molecule has 22 heavy (non-hydrogen) atoms. The van der Waals surface area contributed by atoms with Gasteiger partial charge in [0.05, 0.1) is 0 Å². The zero-order valence-corrected chi connectivity index (χ0v) is 14.5. The van der Waals surface area contributed by atoms with Crippen molar-refractivity contribution in [2.45, 2.75) is 52.1 Å². The fraction of sp³-hybridized carbons (Fsp3) is 0.588. The van der Waals surface area contributed by atoms with Crippen molar-refractivity contribution in [2.24, 2.45) is 0 Å². The van der Waals surface area contributed by atoms with Gasteiger partial charge in [0.15, 0.2) is 0 Å². The van der Waals surface area contributed by atoms with Gasteiger partial charge in [-0.25, -0.2) is 4.79 Å². The zero-order valence-electron chi connectivity index (χ0n) is 13.8. The molecule has 0 atom stereocenters. The molecule has 1 aromatic rings. The summed E-state index contributed by atoms with van der Waals surface area (Å²) in [4.78, 5) is 13.9. The van der Waals surface area contributed by atoms with E-state index in [1.165, 1.54) is 0 Å². The summed E-state index contributed by atoms with van der Waals surface area (Å²) in [5.41, 5.74) is 8.56. The van der Waals surface area contributed by atoms with E-state index >= 15 is 0 Å². The molecule has 1 fully saturated rings. The second kappa shape index (κ2) is 6.37. The molecule has 1 amide bonds. The van der Waals surface area contributed by atoms with Crippen molar-refractivity contribution in [1.29, 1.82) is 0 Å². The van der Waals surface area contributed by atoms with Gasteiger partial charge in [0.1, 0.15) is 5.60 Å². The summed E-state index contributed by atoms with van der Waals surface area (Å²) in [7, 11) is 0. The molecule has 4 nitrogen and oxygen atoms in total. The molecule has 1 aliphatic heterocycles. The van der Waals surface area contributed by atoms with E-state index in [1.807, 2.05) is 39.8 Å². The standard InChI is InChI=1S/C17H25ClN2O2/c1-11-9-15(19)13(10-14(11)18)12-5-7-20(8-6-12)16(21)22-17(2,3)4/h9-10,12H,5-8,19H2,1-4H3. The Morgan fingerprint density at radius 3 is 2.45 bits per heavy atom. The number of benzene rings is 1. The van der Waals surface area contributed by atoms with Crippen LogP contribution in [0.2, 0.25) is 5.02 Å². The topological polar surface area (TPSA) is 55.6 Å². The van der Waals surface area contributed by atoms with Crippen molar-refractivity contribution >= 4 is 23.4 Å². The van der Waals surface area contributed by atoms with Crippen LogP contribution in [0, 0.1) is 6.92 Å². The number of nitrogens with two attached hydrogens (primary N) is 1. The van der Waals surface area contributed by atoms with Crippen LogP contribution in [0.15, 0.2) is 12.1 Å². The first-order chi connectivity index (χ1) is 10.2. The first-order valence-corrected chi connectivity index (χ1v) is 8.08. The number of ether oxygens (including phenoxy) is 1. The van der Waals surface area contributed by atoms with Crippen LogP contribution >= 0.6 is 11.6 Å². The highest BCUT2D eigenvalue weighted by molar-refractivity contribution is 6.31. The summed E-state index contributed by atoms with van der Waals surface area (Å²) >= 11 is 6.22. The van der Waals surface area contributed by atoms with E-state index < -0.39 is 5.60 Å². The quantitative estimate of drug-likeness (QED) is 0.781. The molecular weight excluding hydrogens is 300 g/mol. The van der Waals surface area contributed by atoms with Crippen molar-refractivity contribution in [3.8, 4) is 0 Å². The van der Waals surface area contributed by atoms with Crippen molar-refractivity contribution < 1.29 is 9.53 Å². The van der Waals surface area contributed by atoms with E-state index in [4.69, 9.17) is 22.1 Å². The van der Waals surface area contributed by atoms with Gasteiger partial charge in [0, 0.05) is 23.8 Å². The molecule has 0 saturated carbocycles. The van der Waals surface area contributed by atoms with E-state index in [1.54, 1.807) is 4.90 Å². The number of rotatable bonds is 1. The molecule has 2 rings (SSSR count). The Bertz CT molecular complexity index is 559. The average molecular weight is 325 g/mol. The van der Waals surface area contributed by atoms with Crippen molar-refractivity contribution in [3.05, 3.63) is 28.3 Å². The van der Waals surface area contributed by atoms with Crippen molar-refractivity contribution in [1.82, 2.24) is 4.90 Å². The average Bonchev–Trinajstić information content (AvgIpc) is 2.41. The number of amides is 1. The molecule has 122 valence electrons. The molecule has 0 aliphatic carbocycles. The summed E-state index contributed by atoms with van der Waals surface area (Å²) in [6, 6.07) is 3.90. The van der Waals surface area contributed by atoms with Gasteiger partial charge in [-0.15, -0.1) is 0 Å². The molecule has 2 N–H and O–H groups in total. The van der Waals surface area contributed by atoms with Gasteiger partial charge in [0.25, 0.3) is 0 Å². The summed E-state index contributed by atoms with van der Waals surface area (Å²) in [6.07, 6.45) is 1.52. The van der Waals surface area contributed by atoms with Crippen LogP contribution in [-0.4, -0.2) is 29.7 Å². The number of hydrogen-bond donors (Lipinski definition) is 1. The maximum absolute atomic E-state index is 12.1. The predicted octanol–water partition coefficient (Wildman–Crippen LogP) is 4.35. The fourth-order valence-electron chi connectivity index (χ4n) is 2.77. The second-order valence-corrected chi connectivity index (χ2v) is 7.38. The number of likely N-dealkylation sites (tertiary alicyclic amines) is 1. The Labute approximate surface area is 137 Å². The molecule has 1 heterocycles. The van der Waals surface area contributed by atoms with Crippen LogP contribution < -0.4 is 5.73 Å². The maximum Gasteiger partial charge on any atom is 0.410 e. The van der Waals surface area contributed by atoms with E-state index in [9.17, 15) is 4.79 Å². The molecule has 0 radical (unpaired) electrons. The fourth-order valence-corrected chi connectivity index (χ4v) is 2.94. The highest BCUT2D eigenvalue weighted by Gasteiger charge is 2.28. The van der Waals surface area contributed by atoms with Gasteiger partial charge in [-0.2, -0.15) is 0 Å². The number of halogens is 1. The summed E-state index contributed by atoms with van der Waals surface area (Å²) in [5, 5.41) is 0.749. The SMILES string of the molecule is Cc1cc(N)c(C2CCN(C(=O)OC(C)(C)C)CC2)cc1Cl. The van der Waals surface area contributed by atoms with E-state index in [-0.39, 0.29) is 6.09 Å². The van der Waals surface area contributed by atoms with Gasteiger partial charge >= 0.3 is 6.09 Å². The zero-order chi connectivity index (χ0) is 16.5. The van der Waals surface area contributed by atoms with Crippen LogP contribution in [0.1, 0.15) is 50.7 Å². The minimum absolute atomic E-state index is 0.235. The number of anilines is 1. The number of aryl methyl sites for hydroxylation is 1. The smallest absolute Gasteiger partial charge is 0.410 e. The Hall–Kier alpha value is -1.42. The second-order valence-electron chi connectivity index (χ2n) is 6.97. The molecule has 0 unspecified atom stereocenters. The van der Waals surface area contributed by atoms with Crippen LogP contribution in [0.25, 0.3) is 0 Å². The van der Waals surface area contributed by atoms with E-state index in [2.05, 4.69) is 0 Å².